The van der Waals surface area contributed by atoms with E-state index in [1.807, 2.05) is 0 Å². The van der Waals surface area contributed by atoms with E-state index in [-0.39, 0.29) is 35.6 Å². The van der Waals surface area contributed by atoms with E-state index in [1.54, 1.807) is 5.57 Å². The zero-order valence-electron chi connectivity index (χ0n) is 32.0. The molecule has 2 saturated heterocycles. The molecule has 4 fully saturated rings. The molecule has 0 aromatic rings. The van der Waals surface area contributed by atoms with Gasteiger partial charge in [-0.3, -0.25) is 4.79 Å². The third-order valence-corrected chi connectivity index (χ3v) is 17.1. The fourth-order valence-corrected chi connectivity index (χ4v) is 9.63. The lowest BCUT2D eigenvalue weighted by molar-refractivity contribution is -0.200. The summed E-state index contributed by atoms with van der Waals surface area (Å²) in [6.45, 7) is 16.0. The first-order valence-corrected chi connectivity index (χ1v) is 23.1. The van der Waals surface area contributed by atoms with E-state index in [1.165, 1.54) is 45.4 Å². The molecule has 2 heterocycles. The second-order valence-corrected chi connectivity index (χ2v) is 22.2. The molecule has 5 rings (SSSR count). The fraction of sp³-hybridized carbons (Fsp3) is 0.878. The van der Waals surface area contributed by atoms with Crippen LogP contribution in [-0.4, -0.2) is 59.4 Å². The molecule has 2 aliphatic heterocycles. The van der Waals surface area contributed by atoms with E-state index in [0.717, 1.165) is 102 Å². The van der Waals surface area contributed by atoms with Gasteiger partial charge in [-0.2, -0.15) is 0 Å². The number of esters is 1. The molecule has 7 atom stereocenters. The first-order chi connectivity index (χ1) is 23.5. The van der Waals surface area contributed by atoms with Gasteiger partial charge >= 0.3 is 5.97 Å². The van der Waals surface area contributed by atoms with Crippen LogP contribution in [0.2, 0.25) is 18.1 Å². The van der Waals surface area contributed by atoms with E-state index in [4.69, 9.17) is 28.1 Å². The van der Waals surface area contributed by atoms with Crippen molar-refractivity contribution in [2.75, 3.05) is 26.4 Å². The normalized spacial score (nSPS) is 30.9. The van der Waals surface area contributed by atoms with Crippen molar-refractivity contribution < 1.29 is 32.9 Å². The highest BCUT2D eigenvalue weighted by Gasteiger charge is 2.50. The smallest absolute Gasteiger partial charge is 0.302 e. The summed E-state index contributed by atoms with van der Waals surface area (Å²) >= 11 is 0. The Bertz CT molecular complexity index is 1080. The minimum atomic E-state index is -1.91. The number of unbranched alkanes of at least 4 members (excludes halogenated alkanes) is 1. The molecule has 3 aliphatic carbocycles. The lowest BCUT2D eigenvalue weighted by atomic mass is 9.85. The van der Waals surface area contributed by atoms with Crippen LogP contribution in [0.3, 0.4) is 0 Å². The van der Waals surface area contributed by atoms with Gasteiger partial charge in [-0.15, -0.1) is 0 Å². The summed E-state index contributed by atoms with van der Waals surface area (Å²) in [6.07, 6.45) is 24.3. The maximum Gasteiger partial charge on any atom is 0.302 e. The molecular weight excluding hydrogens is 633 g/mol. The van der Waals surface area contributed by atoms with E-state index in [0.29, 0.717) is 24.4 Å². The number of hydrogen-bond acceptors (Lipinski definition) is 7. The highest BCUT2D eigenvalue weighted by Crippen LogP contribution is 2.53. The van der Waals surface area contributed by atoms with Crippen LogP contribution < -0.4 is 0 Å². The van der Waals surface area contributed by atoms with Crippen molar-refractivity contribution >= 4 is 14.3 Å². The maximum absolute atomic E-state index is 11.4. The van der Waals surface area contributed by atoms with Gasteiger partial charge < -0.3 is 28.1 Å². The quantitative estimate of drug-likeness (QED) is 0.0521. The van der Waals surface area contributed by atoms with Crippen molar-refractivity contribution in [2.24, 2.45) is 29.6 Å². The number of hydrogen-bond donors (Lipinski definition) is 0. The molecule has 0 radical (unpaired) electrons. The molecule has 0 N–H and O–H groups in total. The Balaban J connectivity index is 1.39. The van der Waals surface area contributed by atoms with Crippen LogP contribution in [0.5, 0.6) is 0 Å². The largest absolute Gasteiger partial charge is 0.469 e. The van der Waals surface area contributed by atoms with Crippen LogP contribution in [0.25, 0.3) is 0 Å². The minimum Gasteiger partial charge on any atom is -0.469 e. The van der Waals surface area contributed by atoms with E-state index >= 15 is 0 Å². The van der Waals surface area contributed by atoms with Crippen molar-refractivity contribution in [3.8, 4) is 0 Å². The Morgan fingerprint density at radius 1 is 0.959 bits per heavy atom. The van der Waals surface area contributed by atoms with Gasteiger partial charge in [-0.1, -0.05) is 64.5 Å². The van der Waals surface area contributed by atoms with Crippen LogP contribution in [-0.2, 0) is 32.9 Å². The maximum atomic E-state index is 11.4. The third-order valence-electron chi connectivity index (χ3n) is 12.6. The lowest BCUT2D eigenvalue weighted by Crippen LogP contribution is -2.42. The first kappa shape index (κ1) is 39.0. The summed E-state index contributed by atoms with van der Waals surface area (Å²) in [5.41, 5.74) is 1.55. The lowest BCUT2D eigenvalue weighted by Gasteiger charge is -2.37. The Labute approximate surface area is 299 Å². The molecule has 0 amide bonds. The van der Waals surface area contributed by atoms with Gasteiger partial charge in [0.05, 0.1) is 19.3 Å². The minimum absolute atomic E-state index is 0.0859. The summed E-state index contributed by atoms with van der Waals surface area (Å²) in [7, 11) is -1.91. The molecule has 7 nitrogen and oxygen atoms in total. The number of fused-ring (bicyclic) bond motifs is 1. The van der Waals surface area contributed by atoms with E-state index < -0.39 is 8.32 Å². The Hall–Kier alpha value is -1.19. The second-order valence-electron chi connectivity index (χ2n) is 17.4. The van der Waals surface area contributed by atoms with Crippen molar-refractivity contribution in [3.63, 3.8) is 0 Å². The van der Waals surface area contributed by atoms with Crippen LogP contribution in [0.1, 0.15) is 137 Å². The van der Waals surface area contributed by atoms with Gasteiger partial charge in [0.25, 0.3) is 0 Å². The molecule has 0 bridgehead atoms. The average molecular weight is 703 g/mol. The monoisotopic (exact) mass is 702 g/mol. The van der Waals surface area contributed by atoms with Gasteiger partial charge in [-0.05, 0) is 113 Å². The Morgan fingerprint density at radius 3 is 2.31 bits per heavy atom. The number of ether oxygens (including phenoxy) is 5. The van der Waals surface area contributed by atoms with Gasteiger partial charge in [0, 0.05) is 38.4 Å². The second kappa shape index (κ2) is 18.5. The van der Waals surface area contributed by atoms with Crippen molar-refractivity contribution in [3.05, 3.63) is 23.5 Å². The Kier molecular flexibility index (Phi) is 14.8. The van der Waals surface area contributed by atoms with E-state index in [9.17, 15) is 4.79 Å². The molecule has 0 aromatic carbocycles. The predicted octanol–water partition coefficient (Wildman–Crippen LogP) is 10.2. The SMILES string of the molecule is CC(=O)OCCCCC(CO[Si](C)(C)C(C)(C)C)C1=CC2C(C1)C[C@H](OC1CCCCO1)[C@H]2C(=CCC1CCCCC1)OC1CCCCO1. The highest BCUT2D eigenvalue weighted by molar-refractivity contribution is 6.74. The van der Waals surface area contributed by atoms with Crippen LogP contribution in [0, 0.1) is 29.6 Å². The zero-order valence-corrected chi connectivity index (χ0v) is 33.0. The van der Waals surface area contributed by atoms with Crippen LogP contribution >= 0.6 is 0 Å². The summed E-state index contributed by atoms with van der Waals surface area (Å²) in [4.78, 5) is 11.4. The third kappa shape index (κ3) is 11.4. The van der Waals surface area contributed by atoms with Gasteiger partial charge in [0.15, 0.2) is 20.9 Å². The average Bonchev–Trinajstić information content (AvgIpc) is 3.62. The van der Waals surface area contributed by atoms with Gasteiger partial charge in [0.1, 0.15) is 5.76 Å². The standard InChI is InChI=1S/C41H70O7Si/c1-30(42)43-23-13-10-18-32(29-46-49(5,6)41(2,3)4)33-26-34-28-37(48-39-20-12-15-25-45-39)40(35(34)27-33)36(47-38-19-11-14-24-44-38)22-21-31-16-8-7-9-17-31/h22,27,31-32,34-35,37-40H,7-21,23-26,28-29H2,1-6H3/t32?,34?,35?,37-,38?,39?,40+/m0/s1. The first-order valence-electron chi connectivity index (χ1n) is 20.2. The number of allylic oxidation sites excluding steroid dienone is 2. The fourth-order valence-electron chi connectivity index (χ4n) is 8.58. The molecule has 2 saturated carbocycles. The van der Waals surface area contributed by atoms with Crippen molar-refractivity contribution in [2.45, 2.75) is 174 Å². The number of carbonyl (C=O) groups is 1. The summed E-state index contributed by atoms with van der Waals surface area (Å²) in [5.74, 6) is 3.12. The molecule has 0 spiro atoms. The van der Waals surface area contributed by atoms with E-state index in [2.05, 4.69) is 46.0 Å². The highest BCUT2D eigenvalue weighted by atomic mass is 28.4. The molecule has 0 aromatic heterocycles. The van der Waals surface area contributed by atoms with Gasteiger partial charge in [-0.25, -0.2) is 0 Å². The molecule has 280 valence electrons. The molecule has 8 heteroatoms. The summed E-state index contributed by atoms with van der Waals surface area (Å²) < 4.78 is 38.4. The summed E-state index contributed by atoms with van der Waals surface area (Å²) in [5, 5.41) is 0.168. The molecule has 5 unspecified atom stereocenters. The Morgan fingerprint density at radius 2 is 1.65 bits per heavy atom. The molecule has 5 aliphatic rings. The van der Waals surface area contributed by atoms with Crippen molar-refractivity contribution in [1.29, 1.82) is 0 Å². The number of rotatable bonds is 16. The molecular formula is C41H70O7Si. The number of carbonyl (C=O) groups excluding carboxylic acids is 1. The zero-order chi connectivity index (χ0) is 34.9. The topological polar surface area (TPSA) is 72.5 Å². The van der Waals surface area contributed by atoms with Crippen LogP contribution in [0.15, 0.2) is 23.5 Å². The van der Waals surface area contributed by atoms with Crippen LogP contribution in [0.4, 0.5) is 0 Å². The predicted molar refractivity (Wildman–Crippen MR) is 197 cm³/mol. The van der Waals surface area contributed by atoms with Gasteiger partial charge in [0.2, 0.25) is 0 Å². The summed E-state index contributed by atoms with van der Waals surface area (Å²) in [6, 6.07) is 0. The van der Waals surface area contributed by atoms with Crippen molar-refractivity contribution in [1.82, 2.24) is 0 Å². The molecule has 49 heavy (non-hydrogen) atoms.